The standard InChI is InChI=1S/C32H56O5/c1-5-7-9-10-11-12-13-14-15-16-17-18-19-20-22-36-31-24-29(23-27(3)28(31)4)32(34)37-26-30(33)25-35-21-8-6-2/h23-24,30,33H,5-22,25-26H2,1-4H3. The zero-order valence-electron chi connectivity index (χ0n) is 24.5. The number of carbonyl (C=O) groups excluding carboxylic acids is 1. The molecule has 1 aromatic carbocycles. The molecule has 1 rings (SSSR count). The van der Waals surface area contributed by atoms with E-state index in [0.717, 1.165) is 36.1 Å². The van der Waals surface area contributed by atoms with Gasteiger partial charge in [-0.05, 0) is 49.9 Å². The Morgan fingerprint density at radius 3 is 1.84 bits per heavy atom. The van der Waals surface area contributed by atoms with Crippen molar-refractivity contribution in [2.45, 2.75) is 137 Å². The number of rotatable bonds is 24. The fourth-order valence-electron chi connectivity index (χ4n) is 4.34. The van der Waals surface area contributed by atoms with Crippen LogP contribution in [0.4, 0.5) is 0 Å². The number of aryl methyl sites for hydroxylation is 1. The maximum absolute atomic E-state index is 12.5. The number of carbonyl (C=O) groups is 1. The first-order valence-corrected chi connectivity index (χ1v) is 15.2. The van der Waals surface area contributed by atoms with Crippen LogP contribution in [0.3, 0.4) is 0 Å². The van der Waals surface area contributed by atoms with E-state index in [4.69, 9.17) is 14.2 Å². The normalized spacial score (nSPS) is 12.0. The number of ether oxygens (including phenoxy) is 3. The molecule has 1 unspecified atom stereocenters. The second kappa shape index (κ2) is 22.4. The smallest absolute Gasteiger partial charge is 0.338 e. The number of aliphatic hydroxyl groups is 1. The quantitative estimate of drug-likeness (QED) is 0.109. The molecule has 214 valence electrons. The first-order chi connectivity index (χ1) is 18.0. The summed E-state index contributed by atoms with van der Waals surface area (Å²) in [4.78, 5) is 12.5. The number of hydrogen-bond donors (Lipinski definition) is 1. The molecular formula is C32H56O5. The molecule has 0 radical (unpaired) electrons. The largest absolute Gasteiger partial charge is 0.493 e. The molecule has 0 heterocycles. The summed E-state index contributed by atoms with van der Waals surface area (Å²) < 4.78 is 16.7. The number of aliphatic hydroxyl groups excluding tert-OH is 1. The molecular weight excluding hydrogens is 464 g/mol. The van der Waals surface area contributed by atoms with Crippen molar-refractivity contribution in [2.24, 2.45) is 0 Å². The highest BCUT2D eigenvalue weighted by atomic mass is 16.5. The summed E-state index contributed by atoms with van der Waals surface area (Å²) in [6.07, 6.45) is 19.8. The number of unbranched alkanes of at least 4 members (excludes halogenated alkanes) is 14. The molecule has 0 aromatic heterocycles. The minimum Gasteiger partial charge on any atom is -0.493 e. The van der Waals surface area contributed by atoms with Crippen molar-refractivity contribution in [3.8, 4) is 5.75 Å². The second-order valence-corrected chi connectivity index (χ2v) is 10.5. The number of esters is 1. The minimum atomic E-state index is -0.816. The molecule has 1 N–H and O–H groups in total. The van der Waals surface area contributed by atoms with Crippen LogP contribution < -0.4 is 4.74 Å². The Balaban J connectivity index is 2.19. The van der Waals surface area contributed by atoms with Gasteiger partial charge >= 0.3 is 5.97 Å². The summed E-state index contributed by atoms with van der Waals surface area (Å²) in [7, 11) is 0. The Labute approximate surface area is 227 Å². The van der Waals surface area contributed by atoms with Gasteiger partial charge in [-0.15, -0.1) is 0 Å². The van der Waals surface area contributed by atoms with Crippen molar-refractivity contribution in [3.05, 3.63) is 28.8 Å². The van der Waals surface area contributed by atoms with Gasteiger partial charge in [0.05, 0.1) is 18.8 Å². The molecule has 1 atom stereocenters. The van der Waals surface area contributed by atoms with Crippen LogP contribution in [-0.4, -0.2) is 43.6 Å². The van der Waals surface area contributed by atoms with E-state index in [0.29, 0.717) is 18.8 Å². The molecule has 0 aliphatic rings. The van der Waals surface area contributed by atoms with E-state index in [1.54, 1.807) is 6.07 Å². The molecule has 5 nitrogen and oxygen atoms in total. The lowest BCUT2D eigenvalue weighted by Crippen LogP contribution is -2.24. The summed E-state index contributed by atoms with van der Waals surface area (Å²) in [6, 6.07) is 3.58. The Hall–Kier alpha value is -1.59. The van der Waals surface area contributed by atoms with Crippen molar-refractivity contribution in [3.63, 3.8) is 0 Å². The fourth-order valence-corrected chi connectivity index (χ4v) is 4.34. The van der Waals surface area contributed by atoms with E-state index >= 15 is 0 Å². The van der Waals surface area contributed by atoms with Crippen LogP contribution in [0, 0.1) is 13.8 Å². The van der Waals surface area contributed by atoms with Gasteiger partial charge in [0.1, 0.15) is 18.5 Å². The molecule has 37 heavy (non-hydrogen) atoms. The first kappa shape index (κ1) is 33.4. The van der Waals surface area contributed by atoms with Crippen LogP contribution in [-0.2, 0) is 9.47 Å². The molecule has 0 saturated carbocycles. The average molecular weight is 521 g/mol. The summed E-state index contributed by atoms with van der Waals surface area (Å²) in [6.45, 7) is 9.72. The molecule has 0 spiro atoms. The van der Waals surface area contributed by atoms with Crippen LogP contribution in [0.5, 0.6) is 5.75 Å². The Morgan fingerprint density at radius 1 is 0.730 bits per heavy atom. The van der Waals surface area contributed by atoms with Gasteiger partial charge in [-0.25, -0.2) is 4.79 Å². The summed E-state index contributed by atoms with van der Waals surface area (Å²) in [5.41, 5.74) is 2.50. The SMILES string of the molecule is CCCCCCCCCCCCCCCCOc1cc(C(=O)OCC(O)COCCCC)cc(C)c1C. The monoisotopic (exact) mass is 520 g/mol. The summed E-state index contributed by atoms with van der Waals surface area (Å²) in [5.74, 6) is 0.294. The highest BCUT2D eigenvalue weighted by Crippen LogP contribution is 2.25. The maximum Gasteiger partial charge on any atom is 0.338 e. The Morgan fingerprint density at radius 2 is 1.27 bits per heavy atom. The molecule has 1 aromatic rings. The van der Waals surface area contributed by atoms with Gasteiger partial charge in [-0.2, -0.15) is 0 Å². The van der Waals surface area contributed by atoms with Crippen LogP contribution in [0.15, 0.2) is 12.1 Å². The zero-order chi connectivity index (χ0) is 27.1. The van der Waals surface area contributed by atoms with Crippen molar-refractivity contribution < 1.29 is 24.1 Å². The van der Waals surface area contributed by atoms with E-state index in [1.165, 1.54) is 83.5 Å². The number of benzene rings is 1. The molecule has 0 aliphatic carbocycles. The average Bonchev–Trinajstić information content (AvgIpc) is 2.89. The maximum atomic E-state index is 12.5. The van der Waals surface area contributed by atoms with E-state index < -0.39 is 12.1 Å². The predicted molar refractivity (Wildman–Crippen MR) is 154 cm³/mol. The topological polar surface area (TPSA) is 65.0 Å². The second-order valence-electron chi connectivity index (χ2n) is 10.5. The predicted octanol–water partition coefficient (Wildman–Crippen LogP) is 8.50. The summed E-state index contributed by atoms with van der Waals surface area (Å²) >= 11 is 0. The lowest BCUT2D eigenvalue weighted by atomic mass is 10.0. The zero-order valence-corrected chi connectivity index (χ0v) is 24.5. The first-order valence-electron chi connectivity index (χ1n) is 15.2. The van der Waals surface area contributed by atoms with Crippen molar-refractivity contribution in [2.75, 3.05) is 26.4 Å². The molecule has 0 saturated heterocycles. The molecule has 0 bridgehead atoms. The third kappa shape index (κ3) is 16.8. The van der Waals surface area contributed by atoms with Gasteiger partial charge in [0.2, 0.25) is 0 Å². The van der Waals surface area contributed by atoms with Gasteiger partial charge in [-0.1, -0.05) is 104 Å². The van der Waals surface area contributed by atoms with Crippen molar-refractivity contribution in [1.29, 1.82) is 0 Å². The molecule has 0 amide bonds. The highest BCUT2D eigenvalue weighted by molar-refractivity contribution is 5.90. The lowest BCUT2D eigenvalue weighted by molar-refractivity contribution is -0.0113. The number of hydrogen-bond acceptors (Lipinski definition) is 5. The third-order valence-corrected chi connectivity index (χ3v) is 6.97. The van der Waals surface area contributed by atoms with Crippen LogP contribution in [0.1, 0.15) is 138 Å². The fraction of sp³-hybridized carbons (Fsp3) is 0.781. The highest BCUT2D eigenvalue weighted by Gasteiger charge is 2.15. The minimum absolute atomic E-state index is 0.0763. The molecule has 0 aliphatic heterocycles. The molecule has 0 fully saturated rings. The lowest BCUT2D eigenvalue weighted by Gasteiger charge is -2.15. The van der Waals surface area contributed by atoms with Gasteiger partial charge in [-0.3, -0.25) is 0 Å². The van der Waals surface area contributed by atoms with Crippen molar-refractivity contribution in [1.82, 2.24) is 0 Å². The van der Waals surface area contributed by atoms with Crippen LogP contribution in [0.25, 0.3) is 0 Å². The molecule has 5 heteroatoms. The summed E-state index contributed by atoms with van der Waals surface area (Å²) in [5, 5.41) is 9.97. The van der Waals surface area contributed by atoms with Gasteiger partial charge < -0.3 is 19.3 Å². The Kier molecular flexibility index (Phi) is 20.2. The van der Waals surface area contributed by atoms with Crippen LogP contribution in [0.2, 0.25) is 0 Å². The van der Waals surface area contributed by atoms with Crippen molar-refractivity contribution >= 4 is 5.97 Å². The Bertz CT molecular complexity index is 703. The van der Waals surface area contributed by atoms with Crippen LogP contribution >= 0.6 is 0 Å². The van der Waals surface area contributed by atoms with E-state index in [9.17, 15) is 9.90 Å². The van der Waals surface area contributed by atoms with Gasteiger partial charge in [0.15, 0.2) is 0 Å². The van der Waals surface area contributed by atoms with E-state index in [-0.39, 0.29) is 13.2 Å². The van der Waals surface area contributed by atoms with E-state index in [1.807, 2.05) is 19.9 Å². The van der Waals surface area contributed by atoms with Gasteiger partial charge in [0, 0.05) is 6.61 Å². The van der Waals surface area contributed by atoms with E-state index in [2.05, 4.69) is 13.8 Å². The van der Waals surface area contributed by atoms with Gasteiger partial charge in [0.25, 0.3) is 0 Å². The third-order valence-electron chi connectivity index (χ3n) is 6.97.